The second-order valence-electron chi connectivity index (χ2n) is 7.51. The van der Waals surface area contributed by atoms with Crippen molar-refractivity contribution in [2.24, 2.45) is 11.8 Å². The summed E-state index contributed by atoms with van der Waals surface area (Å²) in [7, 11) is 1.67. The highest BCUT2D eigenvalue weighted by atomic mass is 16.3. The number of aliphatic hydroxyl groups is 1. The van der Waals surface area contributed by atoms with Crippen LogP contribution >= 0.6 is 0 Å². The average molecular weight is 357 g/mol. The highest BCUT2D eigenvalue weighted by molar-refractivity contribution is 6.24. The Hall–Kier alpha value is -2.10. The van der Waals surface area contributed by atoms with Crippen molar-refractivity contribution in [3.05, 3.63) is 46.4 Å². The van der Waals surface area contributed by atoms with Crippen LogP contribution in [0.1, 0.15) is 59.3 Å². The van der Waals surface area contributed by atoms with Crippen molar-refractivity contribution in [1.82, 2.24) is 5.32 Å². The lowest BCUT2D eigenvalue weighted by atomic mass is 9.70. The number of ketones is 2. The van der Waals surface area contributed by atoms with Gasteiger partial charge in [0.2, 0.25) is 11.6 Å². The number of nitrogens with one attached hydrogen (secondary N) is 1. The molecule has 26 heavy (non-hydrogen) atoms. The molecule has 0 bridgehead atoms. The third-order valence-corrected chi connectivity index (χ3v) is 5.51. The Morgan fingerprint density at radius 3 is 2.58 bits per heavy atom. The van der Waals surface area contributed by atoms with Gasteiger partial charge >= 0.3 is 0 Å². The van der Waals surface area contributed by atoms with Gasteiger partial charge in [0.05, 0.1) is 11.3 Å². The smallest absolute Gasteiger partial charge is 0.225 e. The van der Waals surface area contributed by atoms with Gasteiger partial charge in [-0.25, -0.2) is 0 Å². The minimum atomic E-state index is -0.405. The average Bonchev–Trinajstić information content (AvgIpc) is 2.59. The van der Waals surface area contributed by atoms with Gasteiger partial charge in [-0.3, -0.25) is 9.59 Å². The van der Waals surface area contributed by atoms with Crippen LogP contribution in [0.3, 0.4) is 0 Å². The molecule has 0 heterocycles. The van der Waals surface area contributed by atoms with Crippen LogP contribution in [-0.2, 0) is 9.59 Å². The van der Waals surface area contributed by atoms with E-state index in [-0.39, 0.29) is 29.0 Å². The maximum absolute atomic E-state index is 13.2. The molecular formula is C22H31NO3. The van der Waals surface area contributed by atoms with E-state index in [0.29, 0.717) is 17.7 Å². The van der Waals surface area contributed by atoms with Crippen molar-refractivity contribution in [2.45, 2.75) is 59.3 Å². The molecule has 0 spiro atoms. The number of aliphatic hydroxyl groups excluding tert-OH is 1. The van der Waals surface area contributed by atoms with Crippen LogP contribution in [0.5, 0.6) is 0 Å². The first-order chi connectivity index (χ1) is 12.3. The minimum absolute atomic E-state index is 0.0624. The summed E-state index contributed by atoms with van der Waals surface area (Å²) >= 11 is 0. The quantitative estimate of drug-likeness (QED) is 0.398. The van der Waals surface area contributed by atoms with Gasteiger partial charge in [0, 0.05) is 18.5 Å². The first-order valence-electron chi connectivity index (χ1n) is 9.59. The second-order valence-corrected chi connectivity index (χ2v) is 7.51. The van der Waals surface area contributed by atoms with Gasteiger partial charge in [0.25, 0.3) is 0 Å². The number of allylic oxidation sites excluding steroid dienone is 5. The number of hydrogen-bond donors (Lipinski definition) is 2. The van der Waals surface area contributed by atoms with Crippen molar-refractivity contribution < 1.29 is 14.7 Å². The normalized spacial score (nSPS) is 24.1. The van der Waals surface area contributed by atoms with Crippen LogP contribution < -0.4 is 5.32 Å². The van der Waals surface area contributed by atoms with E-state index in [1.165, 1.54) is 5.57 Å². The molecule has 0 aliphatic heterocycles. The van der Waals surface area contributed by atoms with Crippen LogP contribution in [0.25, 0.3) is 0 Å². The van der Waals surface area contributed by atoms with Gasteiger partial charge in [-0.15, -0.1) is 0 Å². The van der Waals surface area contributed by atoms with Crippen LogP contribution in [-0.4, -0.2) is 23.7 Å². The Balaban J connectivity index is 2.47. The summed E-state index contributed by atoms with van der Waals surface area (Å²) < 4.78 is 0. The summed E-state index contributed by atoms with van der Waals surface area (Å²) in [6.45, 7) is 10.1. The maximum Gasteiger partial charge on any atom is 0.225 e. The Labute approximate surface area is 156 Å². The molecule has 0 aromatic heterocycles. The third kappa shape index (κ3) is 3.84. The molecule has 4 heteroatoms. The minimum Gasteiger partial charge on any atom is -0.504 e. The molecule has 2 aliphatic rings. The number of carbonyl (C=O) groups is 2. The number of Topliss-reactive ketones (excluding diaryl/α,β-unsaturated/α-hetero) is 2. The molecule has 0 aromatic rings. The summed E-state index contributed by atoms with van der Waals surface area (Å²) in [4.78, 5) is 26.0. The van der Waals surface area contributed by atoms with Crippen molar-refractivity contribution in [3.63, 3.8) is 0 Å². The Morgan fingerprint density at radius 1 is 1.31 bits per heavy atom. The molecule has 2 N–H and O–H groups in total. The number of likely N-dealkylation sites (N-methyl/N-ethyl adjacent to an activating group) is 1. The van der Waals surface area contributed by atoms with Crippen molar-refractivity contribution >= 4 is 11.6 Å². The van der Waals surface area contributed by atoms with Gasteiger partial charge in [-0.2, -0.15) is 0 Å². The summed E-state index contributed by atoms with van der Waals surface area (Å²) in [6, 6.07) is 0. The van der Waals surface area contributed by atoms with Crippen LogP contribution in [0.15, 0.2) is 46.4 Å². The molecule has 0 amide bonds. The van der Waals surface area contributed by atoms with Crippen LogP contribution in [0, 0.1) is 11.8 Å². The zero-order valence-corrected chi connectivity index (χ0v) is 16.4. The molecule has 0 fully saturated rings. The topological polar surface area (TPSA) is 66.4 Å². The molecule has 0 unspecified atom stereocenters. The predicted molar refractivity (Wildman–Crippen MR) is 105 cm³/mol. The number of hydrogen-bond acceptors (Lipinski definition) is 4. The summed E-state index contributed by atoms with van der Waals surface area (Å²) in [5, 5.41) is 13.6. The molecular weight excluding hydrogens is 326 g/mol. The Bertz CT molecular complexity index is 709. The standard InChI is InChI=1S/C22H31NO3/c1-6-7-8-9-16-19(23-5)21(25)18(22(26)20(16)24)17-12-14(4)10-11-15(17)13(2)3/h12,15,17,23,26H,2,6-11H2,1,3-5H3/t15-,17+/m0/s1. The first kappa shape index (κ1) is 20.2. The molecule has 0 radical (unpaired) electrons. The molecule has 0 saturated heterocycles. The first-order valence-corrected chi connectivity index (χ1v) is 9.59. The van der Waals surface area contributed by atoms with E-state index in [2.05, 4.69) is 18.8 Å². The fraction of sp³-hybridized carbons (Fsp3) is 0.545. The van der Waals surface area contributed by atoms with E-state index in [1.54, 1.807) is 7.05 Å². The summed E-state index contributed by atoms with van der Waals surface area (Å²) in [5.41, 5.74) is 3.14. The highest BCUT2D eigenvalue weighted by Crippen LogP contribution is 2.41. The highest BCUT2D eigenvalue weighted by Gasteiger charge is 2.40. The summed E-state index contributed by atoms with van der Waals surface area (Å²) in [5.74, 6) is -1.26. The van der Waals surface area contributed by atoms with E-state index < -0.39 is 5.78 Å². The fourth-order valence-corrected chi connectivity index (χ4v) is 4.03. The van der Waals surface area contributed by atoms with E-state index in [1.807, 2.05) is 19.9 Å². The molecule has 4 nitrogen and oxygen atoms in total. The fourth-order valence-electron chi connectivity index (χ4n) is 4.03. The third-order valence-electron chi connectivity index (χ3n) is 5.51. The zero-order valence-electron chi connectivity index (χ0n) is 16.4. The van der Waals surface area contributed by atoms with Crippen LogP contribution in [0.4, 0.5) is 0 Å². The SMILES string of the molecule is C=C(C)[C@@H]1CCC(C)=C[C@H]1C1=C(O)C(=O)C(CCCCC)=C(NC)C1=O. The van der Waals surface area contributed by atoms with Crippen molar-refractivity contribution in [2.75, 3.05) is 7.05 Å². The van der Waals surface area contributed by atoms with Crippen LogP contribution in [0.2, 0.25) is 0 Å². The lowest BCUT2D eigenvalue weighted by molar-refractivity contribution is -0.119. The second kappa shape index (κ2) is 8.52. The van der Waals surface area contributed by atoms with Gasteiger partial charge in [-0.1, -0.05) is 43.6 Å². The number of carbonyl (C=O) groups excluding carboxylic acids is 2. The molecule has 0 aromatic carbocycles. The lowest BCUT2D eigenvalue weighted by Crippen LogP contribution is -2.35. The molecule has 2 rings (SSSR count). The molecule has 2 atom stereocenters. The van der Waals surface area contributed by atoms with Crippen molar-refractivity contribution in [3.8, 4) is 0 Å². The predicted octanol–water partition coefficient (Wildman–Crippen LogP) is 4.55. The van der Waals surface area contributed by atoms with Gasteiger partial charge in [-0.05, 0) is 45.4 Å². The number of unbranched alkanes of at least 4 members (excludes halogenated alkanes) is 2. The molecule has 0 saturated carbocycles. The molecule has 2 aliphatic carbocycles. The Morgan fingerprint density at radius 2 is 2.00 bits per heavy atom. The van der Waals surface area contributed by atoms with E-state index in [9.17, 15) is 14.7 Å². The summed E-state index contributed by atoms with van der Waals surface area (Å²) in [6.07, 6.45) is 7.20. The monoisotopic (exact) mass is 357 g/mol. The molecule has 142 valence electrons. The zero-order chi connectivity index (χ0) is 19.4. The maximum atomic E-state index is 13.2. The lowest BCUT2D eigenvalue weighted by Gasteiger charge is -2.33. The van der Waals surface area contributed by atoms with Gasteiger partial charge in [0.15, 0.2) is 5.76 Å². The van der Waals surface area contributed by atoms with Crippen molar-refractivity contribution in [1.29, 1.82) is 0 Å². The van der Waals surface area contributed by atoms with Gasteiger partial charge < -0.3 is 10.4 Å². The van der Waals surface area contributed by atoms with E-state index in [0.717, 1.165) is 37.7 Å². The Kier molecular flexibility index (Phi) is 6.63. The van der Waals surface area contributed by atoms with E-state index >= 15 is 0 Å². The van der Waals surface area contributed by atoms with Gasteiger partial charge in [0.1, 0.15) is 0 Å². The number of rotatable bonds is 7. The largest absolute Gasteiger partial charge is 0.504 e. The van der Waals surface area contributed by atoms with E-state index in [4.69, 9.17) is 0 Å².